The van der Waals surface area contributed by atoms with E-state index in [9.17, 15) is 15.3 Å². The van der Waals surface area contributed by atoms with E-state index in [1.807, 2.05) is 13.0 Å². The maximum atomic E-state index is 10.1. The van der Waals surface area contributed by atoms with Crippen LogP contribution in [-0.2, 0) is 17.6 Å². The maximum absolute atomic E-state index is 10.1. The molecule has 0 bridgehead atoms. The van der Waals surface area contributed by atoms with Gasteiger partial charge >= 0.3 is 0 Å². The van der Waals surface area contributed by atoms with E-state index < -0.39 is 18.3 Å². The quantitative estimate of drug-likeness (QED) is 0.603. The summed E-state index contributed by atoms with van der Waals surface area (Å²) in [6, 6.07) is 17.2. The van der Waals surface area contributed by atoms with Crippen molar-refractivity contribution < 1.29 is 20.1 Å². The minimum atomic E-state index is -1.05. The SMILES string of the molecule is C/C=C(\Sc1cccc(Cc2ccc(CC)cc2)c1)C1CC(O)[C@H](O)C(CO)O1. The highest BCUT2D eigenvalue weighted by molar-refractivity contribution is 8.03. The van der Waals surface area contributed by atoms with Gasteiger partial charge in [-0.25, -0.2) is 0 Å². The van der Waals surface area contributed by atoms with Crippen LogP contribution < -0.4 is 0 Å². The van der Waals surface area contributed by atoms with E-state index in [0.717, 1.165) is 22.6 Å². The van der Waals surface area contributed by atoms with Crippen LogP contribution in [-0.4, -0.2) is 46.3 Å². The van der Waals surface area contributed by atoms with E-state index in [-0.39, 0.29) is 12.7 Å². The fraction of sp³-hybridized carbons (Fsp3) is 0.417. The van der Waals surface area contributed by atoms with E-state index in [1.54, 1.807) is 11.8 Å². The number of thioether (sulfide) groups is 1. The van der Waals surface area contributed by atoms with Crippen molar-refractivity contribution in [3.63, 3.8) is 0 Å². The zero-order valence-electron chi connectivity index (χ0n) is 17.0. The molecule has 2 aromatic carbocycles. The summed E-state index contributed by atoms with van der Waals surface area (Å²) < 4.78 is 5.84. The lowest BCUT2D eigenvalue weighted by atomic mass is 9.98. The third kappa shape index (κ3) is 5.71. The first kappa shape index (κ1) is 22.1. The summed E-state index contributed by atoms with van der Waals surface area (Å²) in [4.78, 5) is 2.07. The van der Waals surface area contributed by atoms with E-state index in [2.05, 4.69) is 55.5 Å². The number of rotatable bonds is 7. The summed E-state index contributed by atoms with van der Waals surface area (Å²) in [7, 11) is 0. The minimum absolute atomic E-state index is 0.313. The van der Waals surface area contributed by atoms with Gasteiger partial charge in [0.25, 0.3) is 0 Å². The predicted octanol–water partition coefficient (Wildman–Crippen LogP) is 3.71. The van der Waals surface area contributed by atoms with Crippen molar-refractivity contribution >= 4 is 11.8 Å². The van der Waals surface area contributed by atoms with Gasteiger partial charge in [0.1, 0.15) is 12.2 Å². The lowest BCUT2D eigenvalue weighted by Crippen LogP contribution is -2.50. The lowest BCUT2D eigenvalue weighted by molar-refractivity contribution is -0.168. The molecule has 3 unspecified atom stereocenters. The average molecular weight is 415 g/mol. The number of benzene rings is 2. The molecule has 2 aromatic rings. The molecule has 1 aliphatic rings. The number of ether oxygens (including phenoxy) is 1. The van der Waals surface area contributed by atoms with Crippen molar-refractivity contribution in [2.45, 2.75) is 62.4 Å². The molecular formula is C24H30O4S. The Morgan fingerprint density at radius 1 is 1.10 bits per heavy atom. The van der Waals surface area contributed by atoms with E-state index >= 15 is 0 Å². The molecule has 156 valence electrons. The average Bonchev–Trinajstić information content (AvgIpc) is 2.74. The van der Waals surface area contributed by atoms with Gasteiger partial charge in [-0.15, -0.1) is 0 Å². The highest BCUT2D eigenvalue weighted by Crippen LogP contribution is 2.36. The largest absolute Gasteiger partial charge is 0.394 e. The Morgan fingerprint density at radius 3 is 2.48 bits per heavy atom. The van der Waals surface area contributed by atoms with Crippen LogP contribution in [0, 0.1) is 0 Å². The number of hydrogen-bond donors (Lipinski definition) is 3. The van der Waals surface area contributed by atoms with Gasteiger partial charge in [0.05, 0.1) is 18.8 Å². The zero-order valence-corrected chi connectivity index (χ0v) is 17.8. The summed E-state index contributed by atoms with van der Waals surface area (Å²) in [5.41, 5.74) is 3.87. The van der Waals surface area contributed by atoms with Gasteiger partial charge < -0.3 is 20.1 Å². The van der Waals surface area contributed by atoms with Crippen LogP contribution in [0.15, 0.2) is 64.4 Å². The first-order chi connectivity index (χ1) is 14.0. The number of hydrogen-bond acceptors (Lipinski definition) is 5. The molecule has 0 spiro atoms. The second kappa shape index (κ2) is 10.4. The topological polar surface area (TPSA) is 69.9 Å². The molecule has 5 heteroatoms. The Bertz CT molecular complexity index is 818. The molecule has 0 aliphatic carbocycles. The monoisotopic (exact) mass is 414 g/mol. The number of aliphatic hydroxyl groups excluding tert-OH is 3. The van der Waals surface area contributed by atoms with E-state index in [4.69, 9.17) is 4.74 Å². The highest BCUT2D eigenvalue weighted by atomic mass is 32.2. The Morgan fingerprint density at radius 2 is 1.83 bits per heavy atom. The molecule has 4 nitrogen and oxygen atoms in total. The lowest BCUT2D eigenvalue weighted by Gasteiger charge is -2.37. The number of aliphatic hydroxyl groups is 3. The molecule has 0 saturated carbocycles. The minimum Gasteiger partial charge on any atom is -0.394 e. The normalized spacial score (nSPS) is 25.2. The maximum Gasteiger partial charge on any atom is 0.110 e. The predicted molar refractivity (Wildman–Crippen MR) is 117 cm³/mol. The Kier molecular flexibility index (Phi) is 7.92. The van der Waals surface area contributed by atoms with Crippen molar-refractivity contribution in [1.82, 2.24) is 0 Å². The second-order valence-corrected chi connectivity index (χ2v) is 8.57. The highest BCUT2D eigenvalue weighted by Gasteiger charge is 2.37. The number of allylic oxidation sites excluding steroid dienone is 1. The van der Waals surface area contributed by atoms with Crippen LogP contribution in [0.3, 0.4) is 0 Å². The summed E-state index contributed by atoms with van der Waals surface area (Å²) in [6.45, 7) is 3.78. The van der Waals surface area contributed by atoms with Gasteiger partial charge in [0, 0.05) is 16.2 Å². The molecule has 1 aliphatic heterocycles. The summed E-state index contributed by atoms with van der Waals surface area (Å²) in [5.74, 6) is 0. The molecule has 0 amide bonds. The van der Waals surface area contributed by atoms with Crippen LogP contribution >= 0.6 is 11.8 Å². The zero-order chi connectivity index (χ0) is 20.8. The van der Waals surface area contributed by atoms with Gasteiger partial charge in [0.15, 0.2) is 0 Å². The molecule has 1 heterocycles. The van der Waals surface area contributed by atoms with Crippen LogP contribution in [0.5, 0.6) is 0 Å². The molecule has 29 heavy (non-hydrogen) atoms. The van der Waals surface area contributed by atoms with Crippen LogP contribution in [0.25, 0.3) is 0 Å². The fourth-order valence-electron chi connectivity index (χ4n) is 3.58. The van der Waals surface area contributed by atoms with Crippen LogP contribution in [0.4, 0.5) is 0 Å². The molecule has 1 saturated heterocycles. The van der Waals surface area contributed by atoms with Gasteiger partial charge in [-0.2, -0.15) is 0 Å². The molecule has 3 N–H and O–H groups in total. The third-order valence-corrected chi connectivity index (χ3v) is 6.55. The van der Waals surface area contributed by atoms with Crippen molar-refractivity contribution in [2.75, 3.05) is 6.61 Å². The van der Waals surface area contributed by atoms with Crippen LogP contribution in [0.1, 0.15) is 37.0 Å². The molecule has 4 atom stereocenters. The molecular weight excluding hydrogens is 384 g/mol. The number of aryl methyl sites for hydroxylation is 1. The molecule has 3 rings (SSSR count). The van der Waals surface area contributed by atoms with Gasteiger partial charge in [-0.1, -0.05) is 61.2 Å². The molecule has 1 fully saturated rings. The van der Waals surface area contributed by atoms with E-state index in [0.29, 0.717) is 6.42 Å². The third-order valence-electron chi connectivity index (χ3n) is 5.33. The summed E-state index contributed by atoms with van der Waals surface area (Å²) in [5, 5.41) is 29.5. The van der Waals surface area contributed by atoms with Gasteiger partial charge in [-0.3, -0.25) is 0 Å². The standard InChI is InChI=1S/C24H30O4S/c1-3-16-8-10-17(11-9-16)12-18-6-5-7-19(13-18)29-23(4-2)21-14-20(26)24(27)22(15-25)28-21/h4-11,13,20-22,24-27H,3,12,14-15H2,1-2H3/b23-4-/t20?,21?,22?,24-/m0/s1. The Labute approximate surface area is 177 Å². The van der Waals surface area contributed by atoms with E-state index in [1.165, 1.54) is 16.7 Å². The summed E-state index contributed by atoms with van der Waals surface area (Å²) >= 11 is 1.60. The van der Waals surface area contributed by atoms with Crippen molar-refractivity contribution in [2.24, 2.45) is 0 Å². The van der Waals surface area contributed by atoms with Crippen molar-refractivity contribution in [1.29, 1.82) is 0 Å². The first-order valence-electron chi connectivity index (χ1n) is 10.2. The Hall–Kier alpha value is -1.63. The smallest absolute Gasteiger partial charge is 0.110 e. The molecule has 0 aromatic heterocycles. The first-order valence-corrected chi connectivity index (χ1v) is 11.0. The summed E-state index contributed by atoms with van der Waals surface area (Å²) in [6.07, 6.45) is 1.15. The van der Waals surface area contributed by atoms with Gasteiger partial charge in [-0.05, 0) is 48.6 Å². The Balaban J connectivity index is 1.69. The molecule has 0 radical (unpaired) electrons. The van der Waals surface area contributed by atoms with Crippen molar-refractivity contribution in [3.05, 3.63) is 76.2 Å². The van der Waals surface area contributed by atoms with Crippen LogP contribution in [0.2, 0.25) is 0 Å². The fourth-order valence-corrected chi connectivity index (χ4v) is 4.61. The second-order valence-electron chi connectivity index (χ2n) is 7.43. The van der Waals surface area contributed by atoms with Crippen molar-refractivity contribution in [3.8, 4) is 0 Å². The van der Waals surface area contributed by atoms with Gasteiger partial charge in [0.2, 0.25) is 0 Å².